The smallest absolute Gasteiger partial charge is 0.126 e. The largest absolute Gasteiger partial charge is 0.366 e. The number of hydrogen-bond donors (Lipinski definition) is 1. The van der Waals surface area contributed by atoms with Gasteiger partial charge in [0, 0.05) is 23.3 Å². The third-order valence-corrected chi connectivity index (χ3v) is 3.50. The Balaban J connectivity index is 1.91. The topological polar surface area (TPSA) is 28.2 Å². The highest BCUT2D eigenvalue weighted by Crippen LogP contribution is 2.16. The number of hydrogen-bond acceptors (Lipinski definition) is 3. The van der Waals surface area contributed by atoms with Crippen LogP contribution in [0.5, 0.6) is 0 Å². The molecule has 2 heterocycles. The number of nitrogens with zero attached hydrogens (tertiary/aromatic N) is 2. The minimum absolute atomic E-state index is 0.544. The average Bonchev–Trinajstić information content (AvgIpc) is 2.32. The molecule has 1 saturated heterocycles. The Morgan fingerprint density at radius 1 is 1.56 bits per heavy atom. The molecule has 2 rings (SSSR count). The van der Waals surface area contributed by atoms with Crippen molar-refractivity contribution in [1.82, 2.24) is 9.88 Å². The lowest BCUT2D eigenvalue weighted by Crippen LogP contribution is -2.41. The van der Waals surface area contributed by atoms with Gasteiger partial charge in [0.2, 0.25) is 0 Å². The van der Waals surface area contributed by atoms with Crippen molar-refractivity contribution in [2.75, 3.05) is 25.0 Å². The fourth-order valence-corrected chi connectivity index (χ4v) is 2.37. The molecule has 0 aliphatic carbocycles. The minimum atomic E-state index is 0.544. The number of piperidine rings is 1. The van der Waals surface area contributed by atoms with Gasteiger partial charge in [-0.2, -0.15) is 0 Å². The van der Waals surface area contributed by atoms with Crippen molar-refractivity contribution in [3.63, 3.8) is 0 Å². The Bertz CT molecular complexity index is 326. The molecule has 0 bridgehead atoms. The Labute approximate surface area is 105 Å². The summed E-state index contributed by atoms with van der Waals surface area (Å²) >= 11 is 3.39. The first-order valence-electron chi connectivity index (χ1n) is 5.88. The van der Waals surface area contributed by atoms with Crippen LogP contribution < -0.4 is 5.32 Å². The molecule has 1 aromatic heterocycles. The Kier molecular flexibility index (Phi) is 4.18. The van der Waals surface area contributed by atoms with Gasteiger partial charge in [0.1, 0.15) is 5.82 Å². The summed E-state index contributed by atoms with van der Waals surface area (Å²) in [5.41, 5.74) is 0. The number of pyridine rings is 1. The predicted molar refractivity (Wildman–Crippen MR) is 70.7 cm³/mol. The highest BCUT2D eigenvalue weighted by atomic mass is 79.9. The van der Waals surface area contributed by atoms with E-state index in [1.807, 2.05) is 18.3 Å². The standard InChI is InChI=1S/C12H18BrN3/c1-2-16-7-3-4-11(9-16)15-12-6-5-10(13)8-14-12/h5-6,8,11H,2-4,7,9H2,1H3,(H,14,15). The average molecular weight is 284 g/mol. The molecule has 0 aromatic carbocycles. The van der Waals surface area contributed by atoms with Crippen molar-refractivity contribution in [2.45, 2.75) is 25.8 Å². The molecule has 0 amide bonds. The van der Waals surface area contributed by atoms with Gasteiger partial charge in [0.25, 0.3) is 0 Å². The predicted octanol–water partition coefficient (Wildman–Crippen LogP) is 2.74. The van der Waals surface area contributed by atoms with Crippen LogP contribution in [0.4, 0.5) is 5.82 Å². The van der Waals surface area contributed by atoms with E-state index < -0.39 is 0 Å². The monoisotopic (exact) mass is 283 g/mol. The van der Waals surface area contributed by atoms with Crippen molar-refractivity contribution in [2.24, 2.45) is 0 Å². The van der Waals surface area contributed by atoms with E-state index in [9.17, 15) is 0 Å². The van der Waals surface area contributed by atoms with Crippen molar-refractivity contribution >= 4 is 21.7 Å². The number of rotatable bonds is 3. The highest BCUT2D eigenvalue weighted by molar-refractivity contribution is 9.10. The SMILES string of the molecule is CCN1CCCC(Nc2ccc(Br)cn2)C1. The Morgan fingerprint density at radius 2 is 2.44 bits per heavy atom. The van der Waals surface area contributed by atoms with E-state index in [4.69, 9.17) is 0 Å². The number of likely N-dealkylation sites (N-methyl/N-ethyl adjacent to an activating group) is 1. The van der Waals surface area contributed by atoms with E-state index in [0.717, 1.165) is 23.4 Å². The third-order valence-electron chi connectivity index (χ3n) is 3.03. The van der Waals surface area contributed by atoms with E-state index in [1.54, 1.807) is 0 Å². The van der Waals surface area contributed by atoms with Crippen LogP contribution in [0.1, 0.15) is 19.8 Å². The first kappa shape index (κ1) is 11.9. The molecular formula is C12H18BrN3. The first-order chi connectivity index (χ1) is 7.78. The molecule has 1 atom stereocenters. The van der Waals surface area contributed by atoms with Crippen LogP contribution in [-0.4, -0.2) is 35.6 Å². The normalized spacial score (nSPS) is 22.0. The zero-order valence-corrected chi connectivity index (χ0v) is 11.2. The minimum Gasteiger partial charge on any atom is -0.366 e. The second-order valence-corrected chi connectivity index (χ2v) is 5.15. The molecule has 1 aliphatic heterocycles. The van der Waals surface area contributed by atoms with Gasteiger partial charge in [-0.05, 0) is 54.0 Å². The molecule has 1 aromatic rings. The second kappa shape index (κ2) is 5.64. The molecule has 1 N–H and O–H groups in total. The van der Waals surface area contributed by atoms with Crippen molar-refractivity contribution in [3.05, 3.63) is 22.8 Å². The van der Waals surface area contributed by atoms with Crippen molar-refractivity contribution in [3.8, 4) is 0 Å². The first-order valence-corrected chi connectivity index (χ1v) is 6.67. The van der Waals surface area contributed by atoms with Gasteiger partial charge in [-0.1, -0.05) is 6.92 Å². The highest BCUT2D eigenvalue weighted by Gasteiger charge is 2.18. The van der Waals surface area contributed by atoms with Gasteiger partial charge in [0.05, 0.1) is 0 Å². The summed E-state index contributed by atoms with van der Waals surface area (Å²) in [5.74, 6) is 0.978. The molecular weight excluding hydrogens is 266 g/mol. The molecule has 88 valence electrons. The van der Waals surface area contributed by atoms with Gasteiger partial charge in [-0.15, -0.1) is 0 Å². The van der Waals surface area contributed by atoms with Crippen LogP contribution in [-0.2, 0) is 0 Å². The summed E-state index contributed by atoms with van der Waals surface area (Å²) in [7, 11) is 0. The molecule has 0 spiro atoms. The molecule has 1 fully saturated rings. The fraction of sp³-hybridized carbons (Fsp3) is 0.583. The molecule has 0 saturated carbocycles. The lowest BCUT2D eigenvalue weighted by Gasteiger charge is -2.32. The molecule has 4 heteroatoms. The third kappa shape index (κ3) is 3.19. The van der Waals surface area contributed by atoms with Crippen LogP contribution in [0.15, 0.2) is 22.8 Å². The molecule has 3 nitrogen and oxygen atoms in total. The van der Waals surface area contributed by atoms with Crippen LogP contribution in [0.3, 0.4) is 0 Å². The number of anilines is 1. The molecule has 1 unspecified atom stereocenters. The Hall–Kier alpha value is -0.610. The van der Waals surface area contributed by atoms with Crippen LogP contribution in [0.25, 0.3) is 0 Å². The van der Waals surface area contributed by atoms with Gasteiger partial charge in [0.15, 0.2) is 0 Å². The van der Waals surface area contributed by atoms with Crippen LogP contribution >= 0.6 is 15.9 Å². The van der Waals surface area contributed by atoms with Gasteiger partial charge >= 0.3 is 0 Å². The Morgan fingerprint density at radius 3 is 3.12 bits per heavy atom. The van der Waals surface area contributed by atoms with Gasteiger partial charge in [-0.25, -0.2) is 4.98 Å². The van der Waals surface area contributed by atoms with E-state index >= 15 is 0 Å². The van der Waals surface area contributed by atoms with E-state index in [2.05, 4.69) is 38.1 Å². The molecule has 1 aliphatic rings. The van der Waals surface area contributed by atoms with Gasteiger partial charge in [-0.3, -0.25) is 0 Å². The number of likely N-dealkylation sites (tertiary alicyclic amines) is 1. The van der Waals surface area contributed by atoms with Crippen molar-refractivity contribution < 1.29 is 0 Å². The second-order valence-electron chi connectivity index (χ2n) is 4.24. The maximum absolute atomic E-state index is 4.35. The summed E-state index contributed by atoms with van der Waals surface area (Å²) in [5, 5.41) is 3.50. The summed E-state index contributed by atoms with van der Waals surface area (Å²) < 4.78 is 1.02. The van der Waals surface area contributed by atoms with Gasteiger partial charge < -0.3 is 10.2 Å². The summed E-state index contributed by atoms with van der Waals surface area (Å²) in [6, 6.07) is 4.59. The molecule has 0 radical (unpaired) electrons. The number of nitrogens with one attached hydrogen (secondary N) is 1. The summed E-state index contributed by atoms with van der Waals surface area (Å²) in [4.78, 5) is 6.83. The fourth-order valence-electron chi connectivity index (χ4n) is 2.13. The van der Waals surface area contributed by atoms with Crippen LogP contribution in [0.2, 0.25) is 0 Å². The van der Waals surface area contributed by atoms with E-state index in [0.29, 0.717) is 6.04 Å². The quantitative estimate of drug-likeness (QED) is 0.925. The zero-order chi connectivity index (χ0) is 11.4. The van der Waals surface area contributed by atoms with Crippen LogP contribution in [0, 0.1) is 0 Å². The summed E-state index contributed by atoms with van der Waals surface area (Å²) in [6.07, 6.45) is 4.36. The van der Waals surface area contributed by atoms with E-state index in [-0.39, 0.29) is 0 Å². The molecule has 16 heavy (non-hydrogen) atoms. The number of aromatic nitrogens is 1. The zero-order valence-electron chi connectivity index (χ0n) is 9.62. The maximum atomic E-state index is 4.35. The van der Waals surface area contributed by atoms with E-state index in [1.165, 1.54) is 19.4 Å². The summed E-state index contributed by atoms with van der Waals surface area (Å²) in [6.45, 7) is 5.74. The lowest BCUT2D eigenvalue weighted by atomic mass is 10.1. The lowest BCUT2D eigenvalue weighted by molar-refractivity contribution is 0.226. The maximum Gasteiger partial charge on any atom is 0.126 e. The van der Waals surface area contributed by atoms with Crippen molar-refractivity contribution in [1.29, 1.82) is 0 Å². The number of halogens is 1.